The number of nitrogens with two attached hydrogens (primary N) is 1. The van der Waals surface area contributed by atoms with Crippen molar-refractivity contribution in [1.82, 2.24) is 4.98 Å². The van der Waals surface area contributed by atoms with Crippen molar-refractivity contribution in [2.75, 3.05) is 6.54 Å². The number of hydrogen-bond acceptors (Lipinski definition) is 3. The van der Waals surface area contributed by atoms with Gasteiger partial charge in [-0.05, 0) is 18.9 Å². The first-order chi connectivity index (χ1) is 6.56. The lowest BCUT2D eigenvalue weighted by atomic mass is 10.1. The first-order valence-electron chi connectivity index (χ1n) is 5.25. The van der Waals surface area contributed by atoms with Crippen LogP contribution in [0.4, 0.5) is 0 Å². The average Bonchev–Trinajstić information content (AvgIpc) is 2.49. The van der Waals surface area contributed by atoms with Crippen LogP contribution in [0.5, 0.6) is 0 Å². The Bertz CT molecular complexity index is 289. The van der Waals surface area contributed by atoms with Crippen LogP contribution in [0, 0.1) is 0 Å². The number of hydrogen-bond donors (Lipinski definition) is 1. The molecule has 2 N–H and O–H groups in total. The molecule has 0 aliphatic rings. The second-order valence-electron chi connectivity index (χ2n) is 4.21. The molecule has 0 amide bonds. The van der Waals surface area contributed by atoms with E-state index in [2.05, 4.69) is 27.7 Å². The van der Waals surface area contributed by atoms with Crippen molar-refractivity contribution in [3.05, 3.63) is 15.6 Å². The first kappa shape index (κ1) is 11.7. The maximum Gasteiger partial charge on any atom is 0.0956 e. The molecule has 1 rings (SSSR count). The molecule has 3 heteroatoms. The summed E-state index contributed by atoms with van der Waals surface area (Å²) in [5.74, 6) is 1.05. The summed E-state index contributed by atoms with van der Waals surface area (Å²) in [6.45, 7) is 9.49. The van der Waals surface area contributed by atoms with Crippen LogP contribution in [-0.2, 0) is 6.42 Å². The van der Waals surface area contributed by atoms with Gasteiger partial charge in [-0.3, -0.25) is 0 Å². The minimum Gasteiger partial charge on any atom is -0.330 e. The number of nitrogens with zero attached hydrogens (tertiary/aromatic N) is 1. The molecule has 2 nitrogen and oxygen atoms in total. The van der Waals surface area contributed by atoms with Crippen molar-refractivity contribution in [1.29, 1.82) is 0 Å². The van der Waals surface area contributed by atoms with E-state index >= 15 is 0 Å². The van der Waals surface area contributed by atoms with Gasteiger partial charge >= 0.3 is 0 Å². The summed E-state index contributed by atoms with van der Waals surface area (Å²) < 4.78 is 0. The maximum atomic E-state index is 5.59. The van der Waals surface area contributed by atoms with Gasteiger partial charge in [0.2, 0.25) is 0 Å². The number of aromatic nitrogens is 1. The maximum absolute atomic E-state index is 5.59. The normalized spacial score (nSPS) is 11.6. The quantitative estimate of drug-likeness (QED) is 0.833. The third-order valence-corrected chi connectivity index (χ3v) is 3.59. The van der Waals surface area contributed by atoms with E-state index in [1.807, 2.05) is 11.3 Å². The highest BCUT2D eigenvalue weighted by Crippen LogP contribution is 2.29. The lowest BCUT2D eigenvalue weighted by Gasteiger charge is -2.03. The lowest BCUT2D eigenvalue weighted by molar-refractivity contribution is 0.779. The van der Waals surface area contributed by atoms with Crippen molar-refractivity contribution >= 4 is 11.3 Å². The zero-order chi connectivity index (χ0) is 10.7. The summed E-state index contributed by atoms with van der Waals surface area (Å²) >= 11 is 1.83. The van der Waals surface area contributed by atoms with Crippen LogP contribution in [0.2, 0.25) is 0 Å². The average molecular weight is 212 g/mol. The van der Waals surface area contributed by atoms with Crippen LogP contribution in [0.25, 0.3) is 0 Å². The molecule has 0 radical (unpaired) electrons. The predicted octanol–water partition coefficient (Wildman–Crippen LogP) is 2.89. The third kappa shape index (κ3) is 2.55. The number of rotatable bonds is 4. The van der Waals surface area contributed by atoms with Crippen molar-refractivity contribution in [3.63, 3.8) is 0 Å². The van der Waals surface area contributed by atoms with Crippen molar-refractivity contribution in [2.45, 2.75) is 46.0 Å². The predicted molar refractivity (Wildman–Crippen MR) is 63.1 cm³/mol. The fourth-order valence-electron chi connectivity index (χ4n) is 1.39. The molecule has 0 aliphatic heterocycles. The Morgan fingerprint density at radius 1 is 1.21 bits per heavy atom. The van der Waals surface area contributed by atoms with E-state index in [9.17, 15) is 0 Å². The molecule has 0 bridgehead atoms. The first-order valence-corrected chi connectivity index (χ1v) is 6.07. The summed E-state index contributed by atoms with van der Waals surface area (Å²) in [6, 6.07) is 0. The highest BCUT2D eigenvalue weighted by Gasteiger charge is 2.14. The Balaban J connectivity index is 2.99. The third-order valence-electron chi connectivity index (χ3n) is 2.16. The monoisotopic (exact) mass is 212 g/mol. The van der Waals surface area contributed by atoms with Gasteiger partial charge in [0.05, 0.1) is 10.7 Å². The van der Waals surface area contributed by atoms with Gasteiger partial charge in [-0.15, -0.1) is 11.3 Å². The van der Waals surface area contributed by atoms with Crippen LogP contribution in [0.1, 0.15) is 55.1 Å². The summed E-state index contributed by atoms with van der Waals surface area (Å²) in [6.07, 6.45) is 0.970. The van der Waals surface area contributed by atoms with Crippen LogP contribution in [0.15, 0.2) is 0 Å². The van der Waals surface area contributed by atoms with Gasteiger partial charge in [0, 0.05) is 10.8 Å². The summed E-state index contributed by atoms with van der Waals surface area (Å²) in [4.78, 5) is 6.07. The Labute approximate surface area is 90.6 Å². The molecular formula is C11H20N2S. The second-order valence-corrected chi connectivity index (χ2v) is 5.32. The van der Waals surface area contributed by atoms with E-state index in [0.717, 1.165) is 13.0 Å². The second kappa shape index (κ2) is 4.89. The molecule has 0 aromatic carbocycles. The summed E-state index contributed by atoms with van der Waals surface area (Å²) in [7, 11) is 0. The van der Waals surface area contributed by atoms with Gasteiger partial charge in [0.15, 0.2) is 0 Å². The summed E-state index contributed by atoms with van der Waals surface area (Å²) in [5.41, 5.74) is 6.85. The SMILES string of the molecule is CC(C)c1nc(C(C)C)c(CCN)s1. The summed E-state index contributed by atoms with van der Waals surface area (Å²) in [5, 5.41) is 1.25. The van der Waals surface area contributed by atoms with E-state index < -0.39 is 0 Å². The standard InChI is InChI=1S/C11H20N2S/c1-7(2)10-9(5-6-12)14-11(13-10)8(3)4/h7-8H,5-6,12H2,1-4H3. The smallest absolute Gasteiger partial charge is 0.0956 e. The van der Waals surface area contributed by atoms with Crippen LogP contribution < -0.4 is 5.73 Å². The van der Waals surface area contributed by atoms with E-state index in [1.165, 1.54) is 15.6 Å². The molecule has 1 aromatic rings. The molecule has 0 fully saturated rings. The fourth-order valence-corrected chi connectivity index (χ4v) is 2.63. The molecular weight excluding hydrogens is 192 g/mol. The van der Waals surface area contributed by atoms with Crippen LogP contribution >= 0.6 is 11.3 Å². The van der Waals surface area contributed by atoms with Gasteiger partial charge in [-0.1, -0.05) is 27.7 Å². The van der Waals surface area contributed by atoms with Gasteiger partial charge in [-0.25, -0.2) is 4.98 Å². The Morgan fingerprint density at radius 2 is 1.86 bits per heavy atom. The van der Waals surface area contributed by atoms with Crippen molar-refractivity contribution < 1.29 is 0 Å². The van der Waals surface area contributed by atoms with Crippen LogP contribution in [0.3, 0.4) is 0 Å². The Kier molecular flexibility index (Phi) is 4.08. The number of thiazole rings is 1. The largest absolute Gasteiger partial charge is 0.330 e. The Hall–Kier alpha value is -0.410. The molecule has 14 heavy (non-hydrogen) atoms. The highest BCUT2D eigenvalue weighted by molar-refractivity contribution is 7.11. The molecule has 0 unspecified atom stereocenters. The van der Waals surface area contributed by atoms with Crippen molar-refractivity contribution in [2.24, 2.45) is 5.73 Å². The molecule has 0 saturated heterocycles. The molecule has 1 aromatic heterocycles. The minimum absolute atomic E-state index is 0.514. The van der Waals surface area contributed by atoms with E-state index in [-0.39, 0.29) is 0 Å². The Morgan fingerprint density at radius 3 is 2.29 bits per heavy atom. The van der Waals surface area contributed by atoms with Gasteiger partial charge in [0.1, 0.15) is 0 Å². The van der Waals surface area contributed by atoms with Gasteiger partial charge in [-0.2, -0.15) is 0 Å². The molecule has 0 spiro atoms. The van der Waals surface area contributed by atoms with E-state index in [4.69, 9.17) is 10.7 Å². The molecule has 80 valence electrons. The highest BCUT2D eigenvalue weighted by atomic mass is 32.1. The van der Waals surface area contributed by atoms with Gasteiger partial charge in [0.25, 0.3) is 0 Å². The zero-order valence-electron chi connectivity index (χ0n) is 9.50. The molecule has 0 aliphatic carbocycles. The zero-order valence-corrected chi connectivity index (χ0v) is 10.3. The molecule has 0 saturated carbocycles. The van der Waals surface area contributed by atoms with E-state index in [0.29, 0.717) is 11.8 Å². The van der Waals surface area contributed by atoms with E-state index in [1.54, 1.807) is 0 Å². The lowest BCUT2D eigenvalue weighted by Crippen LogP contribution is -2.04. The molecule has 0 atom stereocenters. The fraction of sp³-hybridized carbons (Fsp3) is 0.727. The minimum atomic E-state index is 0.514. The van der Waals surface area contributed by atoms with Crippen LogP contribution in [-0.4, -0.2) is 11.5 Å². The van der Waals surface area contributed by atoms with Crippen molar-refractivity contribution in [3.8, 4) is 0 Å². The molecule has 1 heterocycles. The van der Waals surface area contributed by atoms with Gasteiger partial charge < -0.3 is 5.73 Å². The topological polar surface area (TPSA) is 38.9 Å².